The lowest BCUT2D eigenvalue weighted by Crippen LogP contribution is -2.13. The summed E-state index contributed by atoms with van der Waals surface area (Å²) >= 11 is 0. The van der Waals surface area contributed by atoms with Crippen LogP contribution in [0.2, 0.25) is 0 Å². The summed E-state index contributed by atoms with van der Waals surface area (Å²) in [5.74, 6) is 1.90. The molecule has 3 rings (SSSR count). The fourth-order valence-electron chi connectivity index (χ4n) is 2.71. The summed E-state index contributed by atoms with van der Waals surface area (Å²) in [5.41, 5.74) is 1.62. The number of hydrogen-bond donors (Lipinski definition) is 1. The van der Waals surface area contributed by atoms with Crippen molar-refractivity contribution in [2.75, 3.05) is 4.72 Å². The van der Waals surface area contributed by atoms with E-state index >= 15 is 0 Å². The minimum absolute atomic E-state index is 0.250. The first-order valence-electron chi connectivity index (χ1n) is 8.87. The van der Waals surface area contributed by atoms with E-state index in [1.165, 1.54) is 0 Å². The highest BCUT2D eigenvalue weighted by Gasteiger charge is 2.14. The van der Waals surface area contributed by atoms with E-state index in [2.05, 4.69) is 18.6 Å². The molecular weight excluding hydrogens is 358 g/mol. The fraction of sp³-hybridized carbons (Fsp3) is 0.182. The first-order valence-corrected chi connectivity index (χ1v) is 10.4. The standard InChI is InChI=1S/C22H23NO3S/c1-17(2)16-18-8-14-22(15-9-18)27(24,25)23-19-10-12-21(13-11-19)26-20-6-4-3-5-7-20/h3-15,17,23H,16H2,1-2H3. The number of nitrogens with one attached hydrogen (secondary N) is 1. The highest BCUT2D eigenvalue weighted by Crippen LogP contribution is 2.24. The molecule has 0 aromatic heterocycles. The molecular formula is C22H23NO3S. The topological polar surface area (TPSA) is 55.4 Å². The van der Waals surface area contributed by atoms with E-state index in [0.717, 1.165) is 17.7 Å². The average molecular weight is 381 g/mol. The van der Waals surface area contributed by atoms with Crippen LogP contribution in [0.5, 0.6) is 11.5 Å². The third kappa shape index (κ3) is 5.34. The fourth-order valence-corrected chi connectivity index (χ4v) is 3.76. The van der Waals surface area contributed by atoms with Crippen LogP contribution in [0.3, 0.4) is 0 Å². The molecule has 0 aliphatic carbocycles. The normalized spacial score (nSPS) is 11.4. The van der Waals surface area contributed by atoms with Crippen molar-refractivity contribution in [1.82, 2.24) is 0 Å². The highest BCUT2D eigenvalue weighted by atomic mass is 32.2. The molecule has 0 saturated heterocycles. The van der Waals surface area contributed by atoms with Gasteiger partial charge >= 0.3 is 0 Å². The molecule has 0 saturated carbocycles. The Balaban J connectivity index is 1.68. The van der Waals surface area contributed by atoms with Crippen molar-refractivity contribution in [3.63, 3.8) is 0 Å². The van der Waals surface area contributed by atoms with Crippen LogP contribution in [-0.2, 0) is 16.4 Å². The van der Waals surface area contributed by atoms with E-state index in [9.17, 15) is 8.42 Å². The summed E-state index contributed by atoms with van der Waals surface area (Å²) in [5, 5.41) is 0. The van der Waals surface area contributed by atoms with Gasteiger partial charge in [0, 0.05) is 5.69 Å². The summed E-state index contributed by atoms with van der Waals surface area (Å²) < 4.78 is 33.5. The average Bonchev–Trinajstić information content (AvgIpc) is 2.64. The van der Waals surface area contributed by atoms with Crippen molar-refractivity contribution in [3.8, 4) is 11.5 Å². The SMILES string of the molecule is CC(C)Cc1ccc(S(=O)(=O)Nc2ccc(Oc3ccccc3)cc2)cc1. The van der Waals surface area contributed by atoms with Crippen LogP contribution in [0.1, 0.15) is 19.4 Å². The Kier molecular flexibility index (Phi) is 5.81. The number of para-hydroxylation sites is 1. The Hall–Kier alpha value is -2.79. The van der Waals surface area contributed by atoms with Crippen molar-refractivity contribution in [1.29, 1.82) is 0 Å². The Morgan fingerprint density at radius 2 is 1.41 bits per heavy atom. The van der Waals surface area contributed by atoms with Gasteiger partial charge < -0.3 is 4.74 Å². The number of benzene rings is 3. The highest BCUT2D eigenvalue weighted by molar-refractivity contribution is 7.92. The van der Waals surface area contributed by atoms with Gasteiger partial charge in [0.05, 0.1) is 4.90 Å². The first-order chi connectivity index (χ1) is 12.9. The van der Waals surface area contributed by atoms with Crippen LogP contribution in [0, 0.1) is 5.92 Å². The van der Waals surface area contributed by atoms with Gasteiger partial charge in [-0.05, 0) is 66.4 Å². The minimum Gasteiger partial charge on any atom is -0.457 e. The second kappa shape index (κ2) is 8.27. The third-order valence-corrected chi connectivity index (χ3v) is 5.36. The molecule has 3 aromatic rings. The largest absolute Gasteiger partial charge is 0.457 e. The zero-order chi connectivity index (χ0) is 19.3. The van der Waals surface area contributed by atoms with E-state index in [0.29, 0.717) is 17.4 Å². The molecule has 1 N–H and O–H groups in total. The molecule has 0 heterocycles. The Morgan fingerprint density at radius 1 is 0.815 bits per heavy atom. The van der Waals surface area contributed by atoms with Crippen LogP contribution in [0.4, 0.5) is 5.69 Å². The van der Waals surface area contributed by atoms with E-state index in [1.54, 1.807) is 36.4 Å². The van der Waals surface area contributed by atoms with E-state index in [4.69, 9.17) is 4.74 Å². The molecule has 0 spiro atoms. The van der Waals surface area contributed by atoms with Gasteiger partial charge in [-0.2, -0.15) is 0 Å². The van der Waals surface area contributed by atoms with Gasteiger partial charge in [0.25, 0.3) is 10.0 Å². The second-order valence-electron chi connectivity index (χ2n) is 6.79. The molecule has 0 fully saturated rings. The molecule has 0 aliphatic heterocycles. The third-order valence-electron chi connectivity index (χ3n) is 3.96. The lowest BCUT2D eigenvalue weighted by molar-refractivity contribution is 0.483. The molecule has 4 nitrogen and oxygen atoms in total. The summed E-state index contributed by atoms with van der Waals surface area (Å²) in [6, 6.07) is 23.3. The summed E-state index contributed by atoms with van der Waals surface area (Å²) in [4.78, 5) is 0.250. The maximum absolute atomic E-state index is 12.6. The molecule has 5 heteroatoms. The van der Waals surface area contributed by atoms with Gasteiger partial charge in [-0.25, -0.2) is 8.42 Å². The van der Waals surface area contributed by atoms with Crippen LogP contribution in [0.15, 0.2) is 83.8 Å². The molecule has 0 aliphatic rings. The van der Waals surface area contributed by atoms with E-state index in [-0.39, 0.29) is 4.90 Å². The number of rotatable bonds is 7. The Labute approximate surface area is 160 Å². The molecule has 140 valence electrons. The van der Waals surface area contributed by atoms with Crippen molar-refractivity contribution < 1.29 is 13.2 Å². The van der Waals surface area contributed by atoms with E-state index < -0.39 is 10.0 Å². The van der Waals surface area contributed by atoms with Gasteiger partial charge in [0.15, 0.2) is 0 Å². The predicted molar refractivity (Wildman–Crippen MR) is 109 cm³/mol. The molecule has 0 bridgehead atoms. The zero-order valence-electron chi connectivity index (χ0n) is 15.4. The summed E-state index contributed by atoms with van der Waals surface area (Å²) in [6.45, 7) is 4.27. The molecule has 0 amide bonds. The van der Waals surface area contributed by atoms with Gasteiger partial charge in [0.2, 0.25) is 0 Å². The summed E-state index contributed by atoms with van der Waals surface area (Å²) in [6.07, 6.45) is 0.927. The van der Waals surface area contributed by atoms with E-state index in [1.807, 2.05) is 42.5 Å². The maximum Gasteiger partial charge on any atom is 0.261 e. The molecule has 0 unspecified atom stereocenters. The maximum atomic E-state index is 12.6. The lowest BCUT2D eigenvalue weighted by atomic mass is 10.0. The second-order valence-corrected chi connectivity index (χ2v) is 8.47. The van der Waals surface area contributed by atoms with Crippen LogP contribution in [0.25, 0.3) is 0 Å². The number of anilines is 1. The van der Waals surface area contributed by atoms with Gasteiger partial charge in [0.1, 0.15) is 11.5 Å². The van der Waals surface area contributed by atoms with Crippen molar-refractivity contribution in [2.24, 2.45) is 5.92 Å². The molecule has 27 heavy (non-hydrogen) atoms. The Morgan fingerprint density at radius 3 is 2.00 bits per heavy atom. The number of sulfonamides is 1. The van der Waals surface area contributed by atoms with Crippen molar-refractivity contribution >= 4 is 15.7 Å². The molecule has 0 atom stereocenters. The molecule has 0 radical (unpaired) electrons. The van der Waals surface area contributed by atoms with Gasteiger partial charge in [-0.1, -0.05) is 44.2 Å². The zero-order valence-corrected chi connectivity index (χ0v) is 16.2. The molecule has 3 aromatic carbocycles. The Bertz CT molecular complexity index is 964. The van der Waals surface area contributed by atoms with Crippen molar-refractivity contribution in [2.45, 2.75) is 25.2 Å². The van der Waals surface area contributed by atoms with Crippen LogP contribution >= 0.6 is 0 Å². The number of ether oxygens (including phenoxy) is 1. The van der Waals surface area contributed by atoms with Gasteiger partial charge in [-0.3, -0.25) is 4.72 Å². The quantitative estimate of drug-likeness (QED) is 0.590. The smallest absolute Gasteiger partial charge is 0.261 e. The summed E-state index contributed by atoms with van der Waals surface area (Å²) in [7, 11) is -3.62. The minimum atomic E-state index is -3.62. The van der Waals surface area contributed by atoms with Crippen molar-refractivity contribution in [3.05, 3.63) is 84.4 Å². The van der Waals surface area contributed by atoms with Crippen LogP contribution < -0.4 is 9.46 Å². The first kappa shape index (κ1) is 19.0. The predicted octanol–water partition coefficient (Wildman–Crippen LogP) is 5.48. The monoisotopic (exact) mass is 381 g/mol. The van der Waals surface area contributed by atoms with Crippen LogP contribution in [-0.4, -0.2) is 8.42 Å². The number of hydrogen-bond acceptors (Lipinski definition) is 3. The lowest BCUT2D eigenvalue weighted by Gasteiger charge is -2.11. The van der Waals surface area contributed by atoms with Gasteiger partial charge in [-0.15, -0.1) is 0 Å².